The molecule has 0 fully saturated rings. The van der Waals surface area contributed by atoms with Crippen LogP contribution >= 0.6 is 11.8 Å². The van der Waals surface area contributed by atoms with Crippen molar-refractivity contribution in [3.05, 3.63) is 77.5 Å². The van der Waals surface area contributed by atoms with Crippen molar-refractivity contribution in [1.29, 1.82) is 0 Å². The minimum atomic E-state index is 0.453. The molecule has 170 valence electrons. The van der Waals surface area contributed by atoms with Crippen LogP contribution in [0.2, 0.25) is 0 Å². The van der Waals surface area contributed by atoms with Gasteiger partial charge in [0.25, 0.3) is 0 Å². The Morgan fingerprint density at radius 3 is 2.29 bits per heavy atom. The molecular weight excluding hydrogens is 430 g/mol. The third-order valence-electron chi connectivity index (χ3n) is 7.45. The summed E-state index contributed by atoms with van der Waals surface area (Å²) in [4.78, 5) is 2.84. The number of fused-ring (bicyclic) bond motifs is 5. The van der Waals surface area contributed by atoms with Crippen LogP contribution in [0.5, 0.6) is 0 Å². The van der Waals surface area contributed by atoms with Crippen LogP contribution in [0.3, 0.4) is 0 Å². The highest BCUT2D eigenvalue weighted by atomic mass is 32.2. The van der Waals surface area contributed by atoms with Crippen LogP contribution in [-0.4, -0.2) is 0 Å². The molecule has 2 heterocycles. The van der Waals surface area contributed by atoms with Crippen LogP contribution in [0.4, 0.5) is 0 Å². The maximum atomic E-state index is 2.49. The Kier molecular flexibility index (Phi) is 5.00. The highest BCUT2D eigenvalue weighted by Gasteiger charge is 2.33. The van der Waals surface area contributed by atoms with Crippen molar-refractivity contribution < 1.29 is 4.57 Å². The van der Waals surface area contributed by atoms with E-state index in [1.807, 2.05) is 11.8 Å². The Bertz CT molecular complexity index is 1620. The van der Waals surface area contributed by atoms with Gasteiger partial charge in [0.1, 0.15) is 7.05 Å². The van der Waals surface area contributed by atoms with Gasteiger partial charge in [-0.1, -0.05) is 81.9 Å². The molecule has 0 amide bonds. The molecule has 4 aromatic carbocycles. The maximum Gasteiger partial charge on any atom is 0.222 e. The van der Waals surface area contributed by atoms with Crippen molar-refractivity contribution in [3.63, 3.8) is 0 Å². The van der Waals surface area contributed by atoms with Gasteiger partial charge in [-0.05, 0) is 69.5 Å². The predicted molar refractivity (Wildman–Crippen MR) is 147 cm³/mol. The summed E-state index contributed by atoms with van der Waals surface area (Å²) in [5.41, 5.74) is 7.13. The predicted octanol–water partition coefficient (Wildman–Crippen LogP) is 8.73. The number of hydrogen-bond acceptors (Lipinski definition) is 1. The van der Waals surface area contributed by atoms with Crippen molar-refractivity contribution in [2.24, 2.45) is 13.0 Å². The Morgan fingerprint density at radius 1 is 0.824 bits per heavy atom. The lowest BCUT2D eigenvalue weighted by atomic mass is 9.86. The molecule has 0 saturated heterocycles. The molecule has 1 aliphatic heterocycles. The lowest BCUT2D eigenvalue weighted by Gasteiger charge is -2.26. The lowest BCUT2D eigenvalue weighted by molar-refractivity contribution is -0.659. The van der Waals surface area contributed by atoms with Crippen LogP contribution in [0.25, 0.3) is 43.6 Å². The fourth-order valence-corrected chi connectivity index (χ4v) is 7.54. The molecule has 2 heteroatoms. The molecule has 0 saturated carbocycles. The molecule has 34 heavy (non-hydrogen) atoms. The first-order chi connectivity index (χ1) is 16.4. The van der Waals surface area contributed by atoms with E-state index in [0.29, 0.717) is 11.8 Å². The molecule has 1 aromatic heterocycles. The van der Waals surface area contributed by atoms with Crippen LogP contribution < -0.4 is 4.57 Å². The smallest absolute Gasteiger partial charge is 0.200 e. The Hall–Kier alpha value is -2.84. The summed E-state index contributed by atoms with van der Waals surface area (Å²) in [7, 11) is 2.21. The summed E-state index contributed by atoms with van der Waals surface area (Å²) in [5, 5.41) is 8.36. The first-order valence-electron chi connectivity index (χ1n) is 12.5. The fraction of sp³-hybridized carbons (Fsp3) is 0.281. The third kappa shape index (κ3) is 3.04. The molecule has 0 unspecified atom stereocenters. The summed E-state index contributed by atoms with van der Waals surface area (Å²) < 4.78 is 2.35. The van der Waals surface area contributed by atoms with Crippen LogP contribution in [0.1, 0.15) is 50.3 Å². The van der Waals surface area contributed by atoms with Gasteiger partial charge in [0, 0.05) is 21.2 Å². The molecule has 0 radical (unpaired) electrons. The standard InChI is InChI=1S/C32H32NS/c1-18(2)16-21-10-9-13-23-25-14-15-33(6)31-29-20(5)22-11-7-8-12-24(22)28(19(3)4)32(29)34-27(30(25)31)17-26(21)23/h7-15,17-19H,16H2,1-6H3/q+1. The van der Waals surface area contributed by atoms with Crippen LogP contribution in [-0.2, 0) is 13.5 Å². The van der Waals surface area contributed by atoms with Crippen molar-refractivity contribution in [3.8, 4) is 11.3 Å². The number of benzene rings is 4. The van der Waals surface area contributed by atoms with E-state index in [0.717, 1.165) is 6.42 Å². The van der Waals surface area contributed by atoms with Crippen LogP contribution in [0.15, 0.2) is 70.6 Å². The summed E-state index contributed by atoms with van der Waals surface area (Å²) in [5.74, 6) is 1.09. The lowest BCUT2D eigenvalue weighted by Crippen LogP contribution is -2.32. The highest BCUT2D eigenvalue weighted by molar-refractivity contribution is 8.00. The summed E-state index contributed by atoms with van der Waals surface area (Å²) in [6.45, 7) is 11.6. The summed E-state index contributed by atoms with van der Waals surface area (Å²) in [6.07, 6.45) is 3.37. The molecule has 1 aliphatic rings. The first-order valence-corrected chi connectivity index (χ1v) is 13.3. The number of pyridine rings is 1. The van der Waals surface area contributed by atoms with Gasteiger partial charge >= 0.3 is 0 Å². The Labute approximate surface area is 206 Å². The second-order valence-electron chi connectivity index (χ2n) is 10.6. The summed E-state index contributed by atoms with van der Waals surface area (Å²) in [6, 6.07) is 20.7. The zero-order valence-electron chi connectivity index (χ0n) is 21.0. The van der Waals surface area contributed by atoms with Gasteiger partial charge in [-0.3, -0.25) is 0 Å². The number of aromatic nitrogens is 1. The molecule has 5 aromatic rings. The van der Waals surface area contributed by atoms with Gasteiger partial charge in [-0.15, -0.1) is 0 Å². The monoisotopic (exact) mass is 462 g/mol. The molecule has 0 atom stereocenters. The zero-order chi connectivity index (χ0) is 23.7. The fourth-order valence-electron chi connectivity index (χ4n) is 6.02. The second kappa shape index (κ2) is 7.85. The van der Waals surface area contributed by atoms with E-state index in [-0.39, 0.29) is 0 Å². The number of nitrogens with zero attached hydrogens (tertiary/aromatic N) is 1. The van der Waals surface area contributed by atoms with Gasteiger partial charge in [0.15, 0.2) is 6.20 Å². The number of hydrogen-bond donors (Lipinski definition) is 0. The van der Waals surface area contributed by atoms with Gasteiger partial charge in [-0.25, -0.2) is 4.57 Å². The van der Waals surface area contributed by atoms with Crippen molar-refractivity contribution in [2.75, 3.05) is 0 Å². The van der Waals surface area contributed by atoms with Gasteiger partial charge in [-0.2, -0.15) is 0 Å². The van der Waals surface area contributed by atoms with E-state index >= 15 is 0 Å². The summed E-state index contributed by atoms with van der Waals surface area (Å²) >= 11 is 2.00. The third-order valence-corrected chi connectivity index (χ3v) is 8.62. The van der Waals surface area contributed by atoms with E-state index < -0.39 is 0 Å². The first kappa shape index (κ1) is 21.7. The van der Waals surface area contributed by atoms with Gasteiger partial charge in [0.2, 0.25) is 5.69 Å². The van der Waals surface area contributed by atoms with E-state index in [4.69, 9.17) is 0 Å². The average molecular weight is 463 g/mol. The van der Waals surface area contributed by atoms with E-state index in [1.54, 1.807) is 0 Å². The maximum absolute atomic E-state index is 2.49. The van der Waals surface area contributed by atoms with Crippen molar-refractivity contribution in [1.82, 2.24) is 0 Å². The minimum absolute atomic E-state index is 0.453. The molecule has 0 spiro atoms. The van der Waals surface area contributed by atoms with Crippen molar-refractivity contribution in [2.45, 2.75) is 56.7 Å². The van der Waals surface area contributed by atoms with Gasteiger partial charge in [0.05, 0.1) is 10.9 Å². The molecule has 0 N–H and O–H groups in total. The van der Waals surface area contributed by atoms with Crippen molar-refractivity contribution >= 4 is 44.1 Å². The largest absolute Gasteiger partial charge is 0.222 e. The normalized spacial score (nSPS) is 12.9. The van der Waals surface area contributed by atoms with Gasteiger partial charge < -0.3 is 0 Å². The van der Waals surface area contributed by atoms with E-state index in [2.05, 4.69) is 107 Å². The molecule has 0 aliphatic carbocycles. The average Bonchev–Trinajstić information content (AvgIpc) is 2.80. The Morgan fingerprint density at radius 2 is 1.56 bits per heavy atom. The number of aryl methyl sites for hydroxylation is 2. The SMILES string of the molecule is Cc1c2c(c(C(C)C)c3ccccc13)Sc1cc3c(CC(C)C)cccc3c3cc[n+](C)c-2c13. The highest BCUT2D eigenvalue weighted by Crippen LogP contribution is 2.54. The van der Waals surface area contributed by atoms with E-state index in [9.17, 15) is 0 Å². The number of rotatable bonds is 3. The molecule has 6 rings (SSSR count). The molecule has 1 nitrogen and oxygen atoms in total. The molecule has 0 bridgehead atoms. The minimum Gasteiger partial charge on any atom is -0.200 e. The van der Waals surface area contributed by atoms with Crippen LogP contribution in [0, 0.1) is 12.8 Å². The zero-order valence-corrected chi connectivity index (χ0v) is 21.8. The topological polar surface area (TPSA) is 3.88 Å². The Balaban J connectivity index is 1.80. The second-order valence-corrected chi connectivity index (χ2v) is 11.6. The molecular formula is C32H32NS+. The quantitative estimate of drug-likeness (QED) is 0.188. The van der Waals surface area contributed by atoms with E-state index in [1.165, 1.54) is 70.1 Å².